The minimum absolute atomic E-state index is 0.234. The number of thioether (sulfide) groups is 1. The van der Waals surface area contributed by atoms with Crippen LogP contribution in [-0.4, -0.2) is 27.2 Å². The van der Waals surface area contributed by atoms with Gasteiger partial charge in [0.05, 0.1) is 10.0 Å². The fourth-order valence-electron chi connectivity index (χ4n) is 2.47. The zero-order valence-electron chi connectivity index (χ0n) is 15.0. The molecule has 0 unspecified atom stereocenters. The van der Waals surface area contributed by atoms with E-state index in [4.69, 9.17) is 23.2 Å². The van der Waals surface area contributed by atoms with Crippen molar-refractivity contribution in [3.05, 3.63) is 75.3 Å². The van der Waals surface area contributed by atoms with Crippen LogP contribution in [0.2, 0.25) is 10.0 Å². The van der Waals surface area contributed by atoms with Gasteiger partial charge in [0.1, 0.15) is 11.6 Å². The Morgan fingerprint density at radius 3 is 2.71 bits per heavy atom. The predicted molar refractivity (Wildman–Crippen MR) is 109 cm³/mol. The van der Waals surface area contributed by atoms with E-state index >= 15 is 0 Å². The van der Waals surface area contributed by atoms with E-state index in [-0.39, 0.29) is 11.7 Å². The lowest BCUT2D eigenvalue weighted by Crippen LogP contribution is -2.26. The van der Waals surface area contributed by atoms with Crippen molar-refractivity contribution in [1.82, 2.24) is 20.1 Å². The summed E-state index contributed by atoms with van der Waals surface area (Å²) in [6.45, 7) is 0.392. The number of aromatic nitrogens is 3. The lowest BCUT2D eigenvalue weighted by atomic mass is 10.2. The summed E-state index contributed by atoms with van der Waals surface area (Å²) in [4.78, 5) is 12.2. The van der Waals surface area contributed by atoms with Crippen molar-refractivity contribution in [1.29, 1.82) is 0 Å². The molecule has 0 saturated heterocycles. The number of hydrogen-bond donors (Lipinski definition) is 1. The van der Waals surface area contributed by atoms with Crippen LogP contribution in [0.15, 0.2) is 47.6 Å². The molecular formula is C19H17Cl2FN4OS. The molecule has 1 aromatic heterocycles. The molecule has 146 valence electrons. The molecule has 28 heavy (non-hydrogen) atoms. The van der Waals surface area contributed by atoms with Gasteiger partial charge in [0.2, 0.25) is 0 Å². The molecule has 5 nitrogen and oxygen atoms in total. The summed E-state index contributed by atoms with van der Waals surface area (Å²) in [7, 11) is 1.85. The van der Waals surface area contributed by atoms with Gasteiger partial charge in [0, 0.05) is 31.3 Å². The van der Waals surface area contributed by atoms with Gasteiger partial charge < -0.3 is 9.88 Å². The monoisotopic (exact) mass is 438 g/mol. The van der Waals surface area contributed by atoms with Crippen LogP contribution >= 0.6 is 35.0 Å². The zero-order valence-corrected chi connectivity index (χ0v) is 17.3. The van der Waals surface area contributed by atoms with Gasteiger partial charge in [-0.25, -0.2) is 4.39 Å². The number of nitrogens with one attached hydrogen (secondary N) is 1. The van der Waals surface area contributed by atoms with Crippen LogP contribution in [-0.2, 0) is 19.2 Å². The first kappa shape index (κ1) is 20.6. The fraction of sp³-hybridized carbons (Fsp3) is 0.211. The number of carbonyl (C=O) groups is 1. The van der Waals surface area contributed by atoms with E-state index in [1.54, 1.807) is 30.3 Å². The molecule has 9 heteroatoms. The maximum Gasteiger partial charge on any atom is 0.251 e. The summed E-state index contributed by atoms with van der Waals surface area (Å²) >= 11 is 13.2. The highest BCUT2D eigenvalue weighted by Gasteiger charge is 2.12. The third-order valence-corrected chi connectivity index (χ3v) is 5.86. The van der Waals surface area contributed by atoms with Crippen LogP contribution in [0, 0.1) is 5.82 Å². The normalized spacial score (nSPS) is 10.9. The zero-order chi connectivity index (χ0) is 20.1. The quantitative estimate of drug-likeness (QED) is 0.550. The molecule has 3 aromatic rings. The van der Waals surface area contributed by atoms with Gasteiger partial charge in [0.25, 0.3) is 5.91 Å². The highest BCUT2D eigenvalue weighted by Crippen LogP contribution is 2.23. The third-order valence-electron chi connectivity index (χ3n) is 4.06. The Labute approximate surface area is 176 Å². The Kier molecular flexibility index (Phi) is 6.93. The molecule has 0 aliphatic carbocycles. The molecule has 0 aliphatic rings. The molecule has 1 N–H and O–H groups in total. The Morgan fingerprint density at radius 1 is 1.18 bits per heavy atom. The van der Waals surface area contributed by atoms with Crippen LogP contribution < -0.4 is 5.32 Å². The summed E-state index contributed by atoms with van der Waals surface area (Å²) in [5.74, 6) is 0.718. The minimum Gasteiger partial charge on any atom is -0.352 e. The Morgan fingerprint density at radius 2 is 1.96 bits per heavy atom. The van der Waals surface area contributed by atoms with Gasteiger partial charge in [-0.15, -0.1) is 10.2 Å². The number of nitrogens with zero attached hydrogens (tertiary/aromatic N) is 3. The number of carbonyl (C=O) groups excluding carboxylic acids is 1. The lowest BCUT2D eigenvalue weighted by Gasteiger charge is -2.07. The van der Waals surface area contributed by atoms with Gasteiger partial charge in [-0.2, -0.15) is 0 Å². The van der Waals surface area contributed by atoms with E-state index in [1.165, 1.54) is 23.9 Å². The molecule has 3 rings (SSSR count). The second-order valence-electron chi connectivity index (χ2n) is 5.97. The van der Waals surface area contributed by atoms with Crippen molar-refractivity contribution in [3.8, 4) is 0 Å². The molecule has 1 amide bonds. The highest BCUT2D eigenvalue weighted by molar-refractivity contribution is 7.98. The van der Waals surface area contributed by atoms with Gasteiger partial charge in [-0.1, -0.05) is 53.2 Å². The van der Waals surface area contributed by atoms with Crippen molar-refractivity contribution >= 4 is 40.9 Å². The van der Waals surface area contributed by atoms with Crippen LogP contribution in [0.5, 0.6) is 0 Å². The second-order valence-corrected chi connectivity index (χ2v) is 7.73. The number of halogens is 3. The van der Waals surface area contributed by atoms with Crippen molar-refractivity contribution in [2.45, 2.75) is 17.3 Å². The van der Waals surface area contributed by atoms with Crippen molar-refractivity contribution in [2.24, 2.45) is 7.05 Å². The average Bonchev–Trinajstić information content (AvgIpc) is 3.03. The Hall–Kier alpha value is -2.09. The first-order valence-corrected chi connectivity index (χ1v) is 10.2. The van der Waals surface area contributed by atoms with E-state index in [0.29, 0.717) is 45.0 Å². The van der Waals surface area contributed by atoms with Crippen LogP contribution in [0.1, 0.15) is 21.7 Å². The summed E-state index contributed by atoms with van der Waals surface area (Å²) < 4.78 is 15.6. The standard InChI is InChI=1S/C19H17Cl2FN4OS/c1-26-17(8-9-23-18(27)12-6-7-14(20)15(21)10-12)24-25-19(26)28-11-13-4-2-3-5-16(13)22/h2-7,10H,8-9,11H2,1H3,(H,23,27). The minimum atomic E-state index is -0.241. The molecule has 0 spiro atoms. The van der Waals surface area contributed by atoms with Crippen LogP contribution in [0.25, 0.3) is 0 Å². The van der Waals surface area contributed by atoms with Crippen molar-refractivity contribution < 1.29 is 9.18 Å². The summed E-state index contributed by atoms with van der Waals surface area (Å²) in [6, 6.07) is 11.4. The molecular weight excluding hydrogens is 422 g/mol. The molecule has 2 aromatic carbocycles. The van der Waals surface area contributed by atoms with E-state index in [2.05, 4.69) is 15.5 Å². The Bertz CT molecular complexity index is 996. The predicted octanol–water partition coefficient (Wildman–Crippen LogP) is 4.53. The second kappa shape index (κ2) is 9.41. The smallest absolute Gasteiger partial charge is 0.251 e. The molecule has 0 radical (unpaired) electrons. The lowest BCUT2D eigenvalue weighted by molar-refractivity contribution is 0.0954. The maximum absolute atomic E-state index is 13.7. The molecule has 0 fully saturated rings. The first-order chi connectivity index (χ1) is 13.5. The fourth-order valence-corrected chi connectivity index (χ4v) is 3.69. The number of amides is 1. The van der Waals surface area contributed by atoms with Crippen molar-refractivity contribution in [3.63, 3.8) is 0 Å². The van der Waals surface area contributed by atoms with Gasteiger partial charge >= 0.3 is 0 Å². The molecule has 0 atom stereocenters. The van der Waals surface area contributed by atoms with Gasteiger partial charge in [-0.05, 0) is 29.8 Å². The van der Waals surface area contributed by atoms with E-state index in [1.807, 2.05) is 11.6 Å². The molecule has 0 bridgehead atoms. The van der Waals surface area contributed by atoms with Gasteiger partial charge in [-0.3, -0.25) is 4.79 Å². The largest absolute Gasteiger partial charge is 0.352 e. The SMILES string of the molecule is Cn1c(CCNC(=O)c2ccc(Cl)c(Cl)c2)nnc1SCc1ccccc1F. The Balaban J connectivity index is 1.53. The van der Waals surface area contributed by atoms with Crippen molar-refractivity contribution in [2.75, 3.05) is 6.54 Å². The first-order valence-electron chi connectivity index (χ1n) is 8.43. The highest BCUT2D eigenvalue weighted by atomic mass is 35.5. The summed E-state index contributed by atoms with van der Waals surface area (Å²) in [6.07, 6.45) is 0.511. The summed E-state index contributed by atoms with van der Waals surface area (Å²) in [5.41, 5.74) is 1.06. The molecule has 0 aliphatic heterocycles. The van der Waals surface area contributed by atoms with Crippen LogP contribution in [0.4, 0.5) is 4.39 Å². The number of rotatable bonds is 7. The van der Waals surface area contributed by atoms with Gasteiger partial charge in [0.15, 0.2) is 5.16 Å². The maximum atomic E-state index is 13.7. The molecule has 1 heterocycles. The average molecular weight is 439 g/mol. The van der Waals surface area contributed by atoms with E-state index < -0.39 is 0 Å². The molecule has 0 saturated carbocycles. The topological polar surface area (TPSA) is 59.8 Å². The summed E-state index contributed by atoms with van der Waals surface area (Å²) in [5, 5.41) is 12.5. The van der Waals surface area contributed by atoms with Crippen LogP contribution in [0.3, 0.4) is 0 Å². The third kappa shape index (κ3) is 5.04. The number of benzene rings is 2. The van der Waals surface area contributed by atoms with E-state index in [0.717, 1.165) is 5.82 Å². The van der Waals surface area contributed by atoms with E-state index in [9.17, 15) is 9.18 Å². The number of hydrogen-bond acceptors (Lipinski definition) is 4.